The van der Waals surface area contributed by atoms with Crippen LogP contribution in [0, 0.1) is 5.92 Å². The molecule has 1 N–H and O–H groups in total. The van der Waals surface area contributed by atoms with Gasteiger partial charge in [0.2, 0.25) is 0 Å². The van der Waals surface area contributed by atoms with Crippen LogP contribution in [-0.4, -0.2) is 64.1 Å². The van der Waals surface area contributed by atoms with Crippen LogP contribution >= 0.6 is 11.8 Å². The van der Waals surface area contributed by atoms with E-state index in [1.807, 2.05) is 16.7 Å². The maximum absolute atomic E-state index is 12.3. The highest BCUT2D eigenvalue weighted by Gasteiger charge is 2.28. The number of hydrogen-bond acceptors (Lipinski definition) is 3. The quantitative estimate of drug-likeness (QED) is 0.862. The zero-order chi connectivity index (χ0) is 14.6. The van der Waals surface area contributed by atoms with Gasteiger partial charge >= 0.3 is 12.0 Å². The van der Waals surface area contributed by atoms with Gasteiger partial charge in [-0.05, 0) is 6.42 Å². The van der Waals surface area contributed by atoms with E-state index in [0.29, 0.717) is 0 Å². The van der Waals surface area contributed by atoms with E-state index in [1.54, 1.807) is 14.0 Å². The van der Waals surface area contributed by atoms with Crippen LogP contribution in [-0.2, 0) is 4.79 Å². The van der Waals surface area contributed by atoms with Gasteiger partial charge in [-0.25, -0.2) is 4.79 Å². The summed E-state index contributed by atoms with van der Waals surface area (Å²) in [5.74, 6) is -0.472. The van der Waals surface area contributed by atoms with Crippen LogP contribution in [0.5, 0.6) is 0 Å². The normalized spacial score (nSPS) is 20.5. The SMILES string of the molecule is CC(CN(C)C(=O)N1CCSC(C)(C)CC1)C(=O)O. The van der Waals surface area contributed by atoms with Gasteiger partial charge in [-0.2, -0.15) is 11.8 Å². The summed E-state index contributed by atoms with van der Waals surface area (Å²) in [5, 5.41) is 8.88. The molecule has 1 saturated heterocycles. The Labute approximate surface area is 119 Å². The van der Waals surface area contributed by atoms with Crippen molar-refractivity contribution in [2.24, 2.45) is 5.92 Å². The first kappa shape index (κ1) is 16.1. The number of carbonyl (C=O) groups excluding carboxylic acids is 1. The summed E-state index contributed by atoms with van der Waals surface area (Å²) < 4.78 is 0.210. The van der Waals surface area contributed by atoms with Crippen molar-refractivity contribution in [2.45, 2.75) is 31.9 Å². The fourth-order valence-electron chi connectivity index (χ4n) is 2.02. The van der Waals surface area contributed by atoms with E-state index in [2.05, 4.69) is 13.8 Å². The molecule has 1 fully saturated rings. The maximum atomic E-state index is 12.3. The van der Waals surface area contributed by atoms with Gasteiger partial charge in [-0.3, -0.25) is 4.79 Å². The fourth-order valence-corrected chi connectivity index (χ4v) is 3.12. The Morgan fingerprint density at radius 1 is 1.42 bits per heavy atom. The second-order valence-corrected chi connectivity index (χ2v) is 7.55. The van der Waals surface area contributed by atoms with Gasteiger partial charge in [-0.15, -0.1) is 0 Å². The molecule has 6 heteroatoms. The van der Waals surface area contributed by atoms with Gasteiger partial charge < -0.3 is 14.9 Å². The number of aliphatic carboxylic acids is 1. The minimum atomic E-state index is -0.868. The van der Waals surface area contributed by atoms with Crippen LogP contribution in [0.1, 0.15) is 27.2 Å². The maximum Gasteiger partial charge on any atom is 0.319 e. The largest absolute Gasteiger partial charge is 0.481 e. The zero-order valence-corrected chi connectivity index (χ0v) is 13.0. The smallest absolute Gasteiger partial charge is 0.319 e. The third kappa shape index (κ3) is 4.93. The van der Waals surface area contributed by atoms with Gasteiger partial charge in [-0.1, -0.05) is 20.8 Å². The molecule has 1 unspecified atom stereocenters. The summed E-state index contributed by atoms with van der Waals surface area (Å²) in [6.07, 6.45) is 0.964. The average Bonchev–Trinajstić information content (AvgIpc) is 2.49. The lowest BCUT2D eigenvalue weighted by Crippen LogP contribution is -2.44. The predicted molar refractivity (Wildman–Crippen MR) is 77.6 cm³/mol. The number of rotatable bonds is 3. The van der Waals surface area contributed by atoms with Crippen molar-refractivity contribution in [3.63, 3.8) is 0 Å². The first-order valence-corrected chi connectivity index (χ1v) is 7.58. The minimum absolute atomic E-state index is 0.0635. The lowest BCUT2D eigenvalue weighted by Gasteiger charge is -2.28. The van der Waals surface area contributed by atoms with Crippen LogP contribution in [0.3, 0.4) is 0 Å². The molecule has 0 aromatic heterocycles. The molecule has 0 aliphatic carbocycles. The minimum Gasteiger partial charge on any atom is -0.481 e. The summed E-state index contributed by atoms with van der Waals surface area (Å²) in [7, 11) is 1.67. The standard InChI is InChI=1S/C13H24N2O3S/c1-10(11(16)17)9-14(4)12(18)15-6-5-13(2,3)19-8-7-15/h10H,5-9H2,1-4H3,(H,16,17). The number of amides is 2. The molecule has 0 aromatic rings. The Bertz CT molecular complexity index is 347. The Morgan fingerprint density at radius 3 is 2.63 bits per heavy atom. The summed E-state index contributed by atoms with van der Waals surface area (Å²) in [6, 6.07) is -0.0635. The third-order valence-electron chi connectivity index (χ3n) is 3.40. The zero-order valence-electron chi connectivity index (χ0n) is 12.2. The molecular weight excluding hydrogens is 264 g/mol. The number of carboxylic acids is 1. The van der Waals surface area contributed by atoms with Crippen molar-refractivity contribution in [2.75, 3.05) is 32.4 Å². The molecule has 0 saturated carbocycles. The van der Waals surface area contributed by atoms with Gasteiger partial charge in [0.25, 0.3) is 0 Å². The average molecular weight is 288 g/mol. The number of nitrogens with zero attached hydrogens (tertiary/aromatic N) is 2. The van der Waals surface area contributed by atoms with E-state index in [9.17, 15) is 9.59 Å². The Kier molecular flexibility index (Phi) is 5.52. The van der Waals surface area contributed by atoms with Crippen LogP contribution in [0.4, 0.5) is 4.79 Å². The lowest BCUT2D eigenvalue weighted by molar-refractivity contribution is -0.141. The van der Waals surface area contributed by atoms with E-state index < -0.39 is 11.9 Å². The highest BCUT2D eigenvalue weighted by atomic mass is 32.2. The Hall–Kier alpha value is -0.910. The highest BCUT2D eigenvalue weighted by Crippen LogP contribution is 2.30. The third-order valence-corrected chi connectivity index (χ3v) is 4.78. The van der Waals surface area contributed by atoms with Crippen LogP contribution < -0.4 is 0 Å². The highest BCUT2D eigenvalue weighted by molar-refractivity contribution is 8.00. The molecule has 0 radical (unpaired) electrons. The summed E-state index contributed by atoms with van der Waals surface area (Å²) >= 11 is 1.89. The van der Waals surface area contributed by atoms with Crippen LogP contribution in [0.15, 0.2) is 0 Å². The predicted octanol–water partition coefficient (Wildman–Crippen LogP) is 1.98. The van der Waals surface area contributed by atoms with Crippen LogP contribution in [0.25, 0.3) is 0 Å². The molecule has 0 aromatic carbocycles. The molecule has 2 amide bonds. The molecule has 5 nitrogen and oxygen atoms in total. The van der Waals surface area contributed by atoms with Gasteiger partial charge in [0.05, 0.1) is 5.92 Å². The molecule has 1 aliphatic heterocycles. The van der Waals surface area contributed by atoms with Crippen molar-refractivity contribution < 1.29 is 14.7 Å². The second-order valence-electron chi connectivity index (χ2n) is 5.75. The molecule has 19 heavy (non-hydrogen) atoms. The van der Waals surface area contributed by atoms with Crippen molar-refractivity contribution in [1.82, 2.24) is 9.80 Å². The topological polar surface area (TPSA) is 60.9 Å². The molecule has 1 aliphatic rings. The van der Waals surface area contributed by atoms with E-state index in [0.717, 1.165) is 25.3 Å². The van der Waals surface area contributed by atoms with Gasteiger partial charge in [0, 0.05) is 37.2 Å². The number of carboxylic acid groups (broad SMARTS) is 1. The van der Waals surface area contributed by atoms with Gasteiger partial charge in [0.1, 0.15) is 0 Å². The number of carbonyl (C=O) groups is 2. The van der Waals surface area contributed by atoms with Crippen molar-refractivity contribution >= 4 is 23.8 Å². The first-order valence-electron chi connectivity index (χ1n) is 6.60. The summed E-state index contributed by atoms with van der Waals surface area (Å²) in [5.41, 5.74) is 0. The number of thioether (sulfide) groups is 1. The molecule has 110 valence electrons. The molecule has 0 spiro atoms. The summed E-state index contributed by atoms with van der Waals surface area (Å²) in [4.78, 5) is 26.4. The van der Waals surface area contributed by atoms with Crippen molar-refractivity contribution in [3.05, 3.63) is 0 Å². The molecule has 1 heterocycles. The second kappa shape index (κ2) is 6.50. The van der Waals surface area contributed by atoms with E-state index in [4.69, 9.17) is 5.11 Å². The van der Waals surface area contributed by atoms with Crippen molar-refractivity contribution in [3.8, 4) is 0 Å². The monoisotopic (exact) mass is 288 g/mol. The molecule has 0 bridgehead atoms. The first-order chi connectivity index (χ1) is 8.73. The summed E-state index contributed by atoms with van der Waals surface area (Å²) in [6.45, 7) is 7.74. The van der Waals surface area contributed by atoms with E-state index in [-0.39, 0.29) is 17.3 Å². The Morgan fingerprint density at radius 2 is 2.05 bits per heavy atom. The molecule has 1 atom stereocenters. The van der Waals surface area contributed by atoms with E-state index >= 15 is 0 Å². The molecule has 1 rings (SSSR count). The van der Waals surface area contributed by atoms with Crippen LogP contribution in [0.2, 0.25) is 0 Å². The van der Waals surface area contributed by atoms with Gasteiger partial charge in [0.15, 0.2) is 0 Å². The Balaban J connectivity index is 2.55. The van der Waals surface area contributed by atoms with Crippen molar-refractivity contribution in [1.29, 1.82) is 0 Å². The fraction of sp³-hybridized carbons (Fsp3) is 0.846. The van der Waals surface area contributed by atoms with E-state index in [1.165, 1.54) is 4.90 Å². The molecular formula is C13H24N2O3S. The number of urea groups is 1. The number of hydrogen-bond donors (Lipinski definition) is 1. The lowest BCUT2D eigenvalue weighted by atomic mass is 10.1.